The number of nitrogens with zero attached hydrogens (tertiary/aromatic N) is 1. The highest BCUT2D eigenvalue weighted by atomic mass is 32.2. The molecule has 0 spiro atoms. The molecule has 2 rings (SSSR count). The molecule has 1 amide bonds. The minimum absolute atomic E-state index is 0.0422. The first-order chi connectivity index (χ1) is 7.13. The van der Waals surface area contributed by atoms with Crippen LogP contribution in [-0.4, -0.2) is 32.5 Å². The Labute approximate surface area is 91.3 Å². The summed E-state index contributed by atoms with van der Waals surface area (Å²) in [6.07, 6.45) is 1.95. The molecule has 2 heterocycles. The normalized spacial score (nSPS) is 28.2. The van der Waals surface area contributed by atoms with Crippen molar-refractivity contribution in [1.29, 1.82) is 0 Å². The molecule has 0 aromatic carbocycles. The van der Waals surface area contributed by atoms with Crippen LogP contribution in [0.25, 0.3) is 0 Å². The number of carboxylic acid groups (broad SMARTS) is 1. The predicted octanol–water partition coefficient (Wildman–Crippen LogP) is 0.652. The fourth-order valence-electron chi connectivity index (χ4n) is 1.61. The second-order valence-corrected chi connectivity index (χ2v) is 4.55. The minimum atomic E-state index is -1.06. The van der Waals surface area contributed by atoms with Crippen LogP contribution in [0.1, 0.15) is 13.3 Å². The molecule has 1 N–H and O–H groups in total. The summed E-state index contributed by atoms with van der Waals surface area (Å²) in [7, 11) is 0. The van der Waals surface area contributed by atoms with Crippen LogP contribution in [0.5, 0.6) is 0 Å². The van der Waals surface area contributed by atoms with Gasteiger partial charge in [0.1, 0.15) is 5.70 Å². The first-order valence-electron chi connectivity index (χ1n) is 4.48. The Morgan fingerprint density at radius 1 is 1.73 bits per heavy atom. The third kappa shape index (κ3) is 1.61. The van der Waals surface area contributed by atoms with Crippen molar-refractivity contribution >= 4 is 23.6 Å². The second-order valence-electron chi connectivity index (χ2n) is 3.23. The van der Waals surface area contributed by atoms with Crippen LogP contribution in [-0.2, 0) is 9.59 Å². The Morgan fingerprint density at radius 3 is 3.00 bits per heavy atom. The van der Waals surface area contributed by atoms with E-state index < -0.39 is 5.97 Å². The van der Waals surface area contributed by atoms with Crippen LogP contribution in [0.4, 0.5) is 0 Å². The molecule has 0 radical (unpaired) electrons. The van der Waals surface area contributed by atoms with Gasteiger partial charge < -0.3 is 5.11 Å². The highest BCUT2D eigenvalue weighted by Crippen LogP contribution is 2.40. The van der Waals surface area contributed by atoms with E-state index >= 15 is 0 Å². The number of hydrogen-bond acceptors (Lipinski definition) is 3. The van der Waals surface area contributed by atoms with E-state index in [0.717, 1.165) is 0 Å². The summed E-state index contributed by atoms with van der Waals surface area (Å²) < 4.78 is 0. The van der Waals surface area contributed by atoms with Crippen molar-refractivity contribution in [2.75, 3.05) is 0 Å². The Kier molecular flexibility index (Phi) is 2.45. The number of aliphatic carboxylic acids is 1. The van der Waals surface area contributed by atoms with E-state index in [2.05, 4.69) is 11.8 Å². The summed E-state index contributed by atoms with van der Waals surface area (Å²) >= 11 is 1.52. The molecule has 0 aromatic heterocycles. The average molecular weight is 223 g/mol. The monoisotopic (exact) mass is 223 g/mol. The lowest BCUT2D eigenvalue weighted by atomic mass is 10.1. The van der Waals surface area contributed by atoms with E-state index in [1.165, 1.54) is 22.7 Å². The van der Waals surface area contributed by atoms with Crippen LogP contribution < -0.4 is 0 Å². The van der Waals surface area contributed by atoms with Gasteiger partial charge in [-0.15, -0.1) is 17.7 Å². The van der Waals surface area contributed by atoms with Gasteiger partial charge in [0.05, 0.1) is 17.0 Å². The zero-order chi connectivity index (χ0) is 11.0. The molecule has 78 valence electrons. The second kappa shape index (κ2) is 3.63. The van der Waals surface area contributed by atoms with E-state index in [0.29, 0.717) is 6.42 Å². The fraction of sp³-hybridized carbons (Fsp3) is 0.400. The summed E-state index contributed by atoms with van der Waals surface area (Å²) in [5, 5.41) is 8.79. The molecule has 0 aliphatic carbocycles. The lowest BCUT2D eigenvalue weighted by Gasteiger charge is -2.43. The van der Waals surface area contributed by atoms with Gasteiger partial charge in [-0.05, 0) is 13.0 Å². The number of thioether (sulfide) groups is 1. The van der Waals surface area contributed by atoms with Crippen molar-refractivity contribution in [3.8, 4) is 11.8 Å². The molecule has 0 aromatic rings. The lowest BCUT2D eigenvalue weighted by Crippen LogP contribution is -2.53. The lowest BCUT2D eigenvalue weighted by molar-refractivity contribution is -0.146. The van der Waals surface area contributed by atoms with E-state index in [4.69, 9.17) is 5.11 Å². The SMILES string of the molecule is CC#CC1C=C(C(=O)O)N2C(=O)C[C@H]2S1. The molecule has 1 saturated heterocycles. The fourth-order valence-corrected chi connectivity index (χ4v) is 2.93. The zero-order valence-corrected chi connectivity index (χ0v) is 8.87. The summed E-state index contributed by atoms with van der Waals surface area (Å²) in [5.74, 6) is 4.48. The molecular formula is C10H9NO3S. The van der Waals surface area contributed by atoms with E-state index in [1.54, 1.807) is 6.92 Å². The minimum Gasteiger partial charge on any atom is -0.477 e. The number of carbonyl (C=O) groups excluding carboxylic acids is 1. The Hall–Kier alpha value is -1.41. The van der Waals surface area contributed by atoms with Crippen LogP contribution in [0.15, 0.2) is 11.8 Å². The van der Waals surface area contributed by atoms with E-state index in [1.807, 2.05) is 0 Å². The number of hydrogen-bond donors (Lipinski definition) is 1. The van der Waals surface area contributed by atoms with Crippen molar-refractivity contribution in [2.24, 2.45) is 0 Å². The van der Waals surface area contributed by atoms with Gasteiger partial charge in [0, 0.05) is 0 Å². The van der Waals surface area contributed by atoms with Gasteiger partial charge >= 0.3 is 5.97 Å². The molecular weight excluding hydrogens is 214 g/mol. The van der Waals surface area contributed by atoms with Crippen LogP contribution in [0, 0.1) is 11.8 Å². The maximum absolute atomic E-state index is 11.2. The van der Waals surface area contributed by atoms with E-state index in [-0.39, 0.29) is 22.2 Å². The number of carboxylic acids is 1. The molecule has 1 fully saturated rings. The summed E-state index contributed by atoms with van der Waals surface area (Å²) in [4.78, 5) is 23.5. The highest BCUT2D eigenvalue weighted by Gasteiger charge is 2.45. The van der Waals surface area contributed by atoms with Gasteiger partial charge in [0.25, 0.3) is 0 Å². The third-order valence-electron chi connectivity index (χ3n) is 2.28. The van der Waals surface area contributed by atoms with Crippen molar-refractivity contribution in [2.45, 2.75) is 24.0 Å². The van der Waals surface area contributed by atoms with Gasteiger partial charge in [-0.2, -0.15) is 0 Å². The number of carbonyl (C=O) groups is 2. The molecule has 1 unspecified atom stereocenters. The van der Waals surface area contributed by atoms with Crippen molar-refractivity contribution < 1.29 is 14.7 Å². The standard InChI is InChI=1S/C10H9NO3S/c1-2-3-6-4-7(10(13)14)11-8(12)5-9(11)15-6/h4,6,9H,5H2,1H3,(H,13,14)/t6?,9-/m1/s1. The van der Waals surface area contributed by atoms with Crippen LogP contribution >= 0.6 is 11.8 Å². The van der Waals surface area contributed by atoms with Crippen molar-refractivity contribution in [3.05, 3.63) is 11.8 Å². The summed E-state index contributed by atoms with van der Waals surface area (Å²) in [6, 6.07) is 0. The highest BCUT2D eigenvalue weighted by molar-refractivity contribution is 8.01. The molecule has 2 aliphatic rings. The van der Waals surface area contributed by atoms with Gasteiger partial charge in [-0.1, -0.05) is 5.92 Å². The first-order valence-corrected chi connectivity index (χ1v) is 5.42. The molecule has 5 heteroatoms. The predicted molar refractivity (Wildman–Crippen MR) is 55.8 cm³/mol. The number of rotatable bonds is 1. The van der Waals surface area contributed by atoms with Gasteiger partial charge in [0.15, 0.2) is 0 Å². The maximum Gasteiger partial charge on any atom is 0.352 e. The summed E-state index contributed by atoms with van der Waals surface area (Å²) in [5.41, 5.74) is 0.0720. The Balaban J connectivity index is 2.31. The summed E-state index contributed by atoms with van der Waals surface area (Å²) in [6.45, 7) is 1.72. The largest absolute Gasteiger partial charge is 0.477 e. The molecule has 2 aliphatic heterocycles. The number of fused-ring (bicyclic) bond motifs is 1. The molecule has 4 nitrogen and oxygen atoms in total. The Morgan fingerprint density at radius 2 is 2.47 bits per heavy atom. The number of amides is 1. The number of β-lactam (4-membered cyclic amide) rings is 1. The molecule has 0 bridgehead atoms. The molecule has 2 atom stereocenters. The third-order valence-corrected chi connectivity index (χ3v) is 3.52. The van der Waals surface area contributed by atoms with Crippen LogP contribution in [0.2, 0.25) is 0 Å². The van der Waals surface area contributed by atoms with Crippen molar-refractivity contribution in [1.82, 2.24) is 4.90 Å². The average Bonchev–Trinajstić information content (AvgIpc) is 2.15. The quantitative estimate of drug-likeness (QED) is 0.524. The van der Waals surface area contributed by atoms with Crippen LogP contribution in [0.3, 0.4) is 0 Å². The smallest absolute Gasteiger partial charge is 0.352 e. The van der Waals surface area contributed by atoms with Crippen molar-refractivity contribution in [3.63, 3.8) is 0 Å². The zero-order valence-electron chi connectivity index (χ0n) is 8.06. The molecule has 15 heavy (non-hydrogen) atoms. The van der Waals surface area contributed by atoms with Gasteiger partial charge in [0.2, 0.25) is 5.91 Å². The maximum atomic E-state index is 11.2. The van der Waals surface area contributed by atoms with Gasteiger partial charge in [-0.25, -0.2) is 4.79 Å². The molecule has 0 saturated carbocycles. The van der Waals surface area contributed by atoms with Gasteiger partial charge in [-0.3, -0.25) is 9.69 Å². The Bertz CT molecular complexity index is 418. The van der Waals surface area contributed by atoms with E-state index in [9.17, 15) is 9.59 Å². The first kappa shape index (κ1) is 10.1. The topological polar surface area (TPSA) is 57.6 Å².